The van der Waals surface area contributed by atoms with Gasteiger partial charge in [0.15, 0.2) is 0 Å². The van der Waals surface area contributed by atoms with E-state index >= 15 is 0 Å². The molecule has 3 nitrogen and oxygen atoms in total. The van der Waals surface area contributed by atoms with Crippen LogP contribution in [0.25, 0.3) is 0 Å². The van der Waals surface area contributed by atoms with Crippen LogP contribution in [0.4, 0.5) is 8.78 Å². The lowest BCUT2D eigenvalue weighted by atomic mass is 10.00. The Bertz CT molecular complexity index is 446. The standard InChI is InChI=1S/C9H13F2NO2S2/c1-8(2,9(3,10)11)12-16(13,14)7-5-4-6-15-7/h4-6,12H,1-3H3. The summed E-state index contributed by atoms with van der Waals surface area (Å²) in [6, 6.07) is 2.92. The van der Waals surface area contributed by atoms with Crippen LogP contribution in [-0.2, 0) is 10.0 Å². The van der Waals surface area contributed by atoms with E-state index < -0.39 is 21.5 Å². The number of halogens is 2. The van der Waals surface area contributed by atoms with Gasteiger partial charge in [-0.1, -0.05) is 6.07 Å². The van der Waals surface area contributed by atoms with Crippen molar-refractivity contribution in [2.24, 2.45) is 0 Å². The molecule has 1 aromatic heterocycles. The quantitative estimate of drug-likeness (QED) is 0.912. The molecule has 0 saturated heterocycles. The fraction of sp³-hybridized carbons (Fsp3) is 0.556. The topological polar surface area (TPSA) is 46.2 Å². The predicted molar refractivity (Wildman–Crippen MR) is 59.3 cm³/mol. The van der Waals surface area contributed by atoms with Gasteiger partial charge in [0.1, 0.15) is 4.21 Å². The van der Waals surface area contributed by atoms with Crippen molar-refractivity contribution in [1.29, 1.82) is 0 Å². The lowest BCUT2D eigenvalue weighted by Gasteiger charge is -2.31. The summed E-state index contributed by atoms with van der Waals surface area (Å²) < 4.78 is 51.8. The average molecular weight is 269 g/mol. The van der Waals surface area contributed by atoms with Crippen molar-refractivity contribution in [2.75, 3.05) is 0 Å². The first kappa shape index (κ1) is 13.5. The highest BCUT2D eigenvalue weighted by Crippen LogP contribution is 2.29. The maximum Gasteiger partial charge on any atom is 0.263 e. The summed E-state index contributed by atoms with van der Waals surface area (Å²) in [5, 5.41) is 1.58. The maximum absolute atomic E-state index is 13.1. The van der Waals surface area contributed by atoms with Crippen LogP contribution in [0.2, 0.25) is 0 Å². The van der Waals surface area contributed by atoms with E-state index in [9.17, 15) is 17.2 Å². The first-order valence-electron chi connectivity index (χ1n) is 4.51. The molecule has 1 aromatic rings. The lowest BCUT2D eigenvalue weighted by Crippen LogP contribution is -2.54. The Morgan fingerprint density at radius 3 is 2.25 bits per heavy atom. The zero-order valence-electron chi connectivity index (χ0n) is 9.12. The predicted octanol–water partition coefficient (Wildman–Crippen LogP) is 2.46. The summed E-state index contributed by atoms with van der Waals surface area (Å²) in [4.78, 5) is 0. The molecule has 0 aliphatic carbocycles. The monoisotopic (exact) mass is 269 g/mol. The summed E-state index contributed by atoms with van der Waals surface area (Å²) in [5.41, 5.74) is -1.82. The van der Waals surface area contributed by atoms with Crippen LogP contribution >= 0.6 is 11.3 Å². The van der Waals surface area contributed by atoms with E-state index in [2.05, 4.69) is 0 Å². The van der Waals surface area contributed by atoms with E-state index in [1.807, 2.05) is 4.72 Å². The van der Waals surface area contributed by atoms with Crippen LogP contribution in [-0.4, -0.2) is 19.9 Å². The minimum absolute atomic E-state index is 0.0322. The average Bonchev–Trinajstić information content (AvgIpc) is 2.50. The van der Waals surface area contributed by atoms with E-state index in [-0.39, 0.29) is 4.21 Å². The molecule has 0 bridgehead atoms. The lowest BCUT2D eigenvalue weighted by molar-refractivity contribution is -0.0488. The van der Waals surface area contributed by atoms with Gasteiger partial charge in [-0.15, -0.1) is 11.3 Å². The highest BCUT2D eigenvalue weighted by Gasteiger charge is 2.45. The molecule has 0 fully saturated rings. The van der Waals surface area contributed by atoms with E-state index in [4.69, 9.17) is 0 Å². The summed E-state index contributed by atoms with van der Waals surface area (Å²) in [5.74, 6) is -3.14. The van der Waals surface area contributed by atoms with Crippen LogP contribution in [0.3, 0.4) is 0 Å². The zero-order valence-corrected chi connectivity index (χ0v) is 10.8. The molecule has 7 heteroatoms. The number of alkyl halides is 2. The van der Waals surface area contributed by atoms with Gasteiger partial charge in [-0.25, -0.2) is 17.2 Å². The molecule has 16 heavy (non-hydrogen) atoms. The Morgan fingerprint density at radius 2 is 1.88 bits per heavy atom. The number of thiophene rings is 1. The Morgan fingerprint density at radius 1 is 1.31 bits per heavy atom. The van der Waals surface area contributed by atoms with E-state index in [1.54, 1.807) is 11.4 Å². The molecule has 0 unspecified atom stereocenters. The first-order chi connectivity index (χ1) is 7.06. The number of rotatable bonds is 4. The molecule has 0 atom stereocenters. The van der Waals surface area contributed by atoms with Crippen molar-refractivity contribution in [2.45, 2.75) is 36.4 Å². The Hall–Kier alpha value is -0.530. The molecular weight excluding hydrogens is 256 g/mol. The minimum Gasteiger partial charge on any atom is -0.206 e. The van der Waals surface area contributed by atoms with Gasteiger partial charge in [-0.2, -0.15) is 4.72 Å². The molecule has 1 heterocycles. The van der Waals surface area contributed by atoms with Crippen molar-refractivity contribution in [3.8, 4) is 0 Å². The van der Waals surface area contributed by atoms with E-state index in [0.29, 0.717) is 6.92 Å². The third-order valence-corrected chi connectivity index (χ3v) is 5.30. The second-order valence-electron chi connectivity index (χ2n) is 4.05. The molecule has 0 radical (unpaired) electrons. The van der Waals surface area contributed by atoms with E-state index in [1.165, 1.54) is 6.07 Å². The number of hydrogen-bond donors (Lipinski definition) is 1. The Labute approximate surface area is 97.5 Å². The van der Waals surface area contributed by atoms with Gasteiger partial charge in [0, 0.05) is 6.92 Å². The summed E-state index contributed by atoms with van der Waals surface area (Å²) >= 11 is 0.986. The Balaban J connectivity index is 2.99. The SMILES string of the molecule is CC(F)(F)C(C)(C)NS(=O)(=O)c1cccs1. The summed E-state index contributed by atoms with van der Waals surface area (Å²) in [6.07, 6.45) is 0. The highest BCUT2D eigenvalue weighted by molar-refractivity contribution is 7.91. The molecule has 0 spiro atoms. The van der Waals surface area contributed by atoms with Crippen LogP contribution in [0, 0.1) is 0 Å². The molecule has 0 aliphatic rings. The molecule has 1 rings (SSSR count). The third-order valence-electron chi connectivity index (χ3n) is 2.25. The molecule has 92 valence electrons. The van der Waals surface area contributed by atoms with Gasteiger partial charge < -0.3 is 0 Å². The Kier molecular flexibility index (Phi) is 3.42. The zero-order chi connectivity index (χ0) is 12.6. The van der Waals surface area contributed by atoms with Gasteiger partial charge >= 0.3 is 0 Å². The van der Waals surface area contributed by atoms with Crippen molar-refractivity contribution >= 4 is 21.4 Å². The van der Waals surface area contributed by atoms with Gasteiger partial charge in [0.25, 0.3) is 15.9 Å². The van der Waals surface area contributed by atoms with Crippen LogP contribution < -0.4 is 4.72 Å². The minimum atomic E-state index is -3.87. The maximum atomic E-state index is 13.1. The summed E-state index contributed by atoms with van der Waals surface area (Å²) in [7, 11) is -3.87. The third kappa shape index (κ3) is 2.78. The van der Waals surface area contributed by atoms with E-state index in [0.717, 1.165) is 25.2 Å². The molecule has 0 saturated carbocycles. The second kappa shape index (κ2) is 4.05. The normalized spacial score (nSPS) is 14.1. The van der Waals surface area contributed by atoms with Crippen molar-refractivity contribution in [3.63, 3.8) is 0 Å². The second-order valence-corrected chi connectivity index (χ2v) is 6.91. The number of nitrogens with one attached hydrogen (secondary N) is 1. The van der Waals surface area contributed by atoms with Crippen LogP contribution in [0.1, 0.15) is 20.8 Å². The molecule has 0 aliphatic heterocycles. The van der Waals surface area contributed by atoms with Gasteiger partial charge in [-0.3, -0.25) is 0 Å². The summed E-state index contributed by atoms with van der Waals surface area (Å²) in [6.45, 7) is 2.99. The number of hydrogen-bond acceptors (Lipinski definition) is 3. The van der Waals surface area contributed by atoms with Gasteiger partial charge in [0.05, 0.1) is 5.54 Å². The number of sulfonamides is 1. The molecule has 1 N–H and O–H groups in total. The fourth-order valence-electron chi connectivity index (χ4n) is 0.892. The van der Waals surface area contributed by atoms with Crippen LogP contribution in [0.5, 0.6) is 0 Å². The van der Waals surface area contributed by atoms with Crippen molar-refractivity contribution in [3.05, 3.63) is 17.5 Å². The molecule has 0 aromatic carbocycles. The first-order valence-corrected chi connectivity index (χ1v) is 6.88. The van der Waals surface area contributed by atoms with Gasteiger partial charge in [0.2, 0.25) is 0 Å². The largest absolute Gasteiger partial charge is 0.263 e. The smallest absolute Gasteiger partial charge is 0.206 e. The van der Waals surface area contributed by atoms with Crippen molar-refractivity contribution in [1.82, 2.24) is 4.72 Å². The van der Waals surface area contributed by atoms with Crippen molar-refractivity contribution < 1.29 is 17.2 Å². The molecule has 0 amide bonds. The highest BCUT2D eigenvalue weighted by atomic mass is 32.2. The van der Waals surface area contributed by atoms with Crippen LogP contribution in [0.15, 0.2) is 21.7 Å². The molecular formula is C9H13F2NO2S2. The van der Waals surface area contributed by atoms with Gasteiger partial charge in [-0.05, 0) is 25.3 Å². The fourth-order valence-corrected chi connectivity index (χ4v) is 3.35.